The van der Waals surface area contributed by atoms with Gasteiger partial charge in [-0.1, -0.05) is 13.3 Å². The highest BCUT2D eigenvalue weighted by Gasteiger charge is 2.10. The number of ether oxygens (including phenoxy) is 1. The Kier molecular flexibility index (Phi) is 4.72. The molecule has 56 valence electrons. The lowest BCUT2D eigenvalue weighted by Crippen LogP contribution is -2.24. The standard InChI is InChI=1S/C7H16O2/c1-4-5-7(8)6(2)9-3/h6-8H,4-5H2,1-3H3/t6?,7-/m1/s1. The largest absolute Gasteiger partial charge is 0.390 e. The van der Waals surface area contributed by atoms with E-state index in [2.05, 4.69) is 0 Å². The van der Waals surface area contributed by atoms with Crippen molar-refractivity contribution < 1.29 is 9.84 Å². The number of hydrogen-bond donors (Lipinski definition) is 1. The molecule has 0 aliphatic heterocycles. The van der Waals surface area contributed by atoms with Gasteiger partial charge in [-0.25, -0.2) is 0 Å². The minimum atomic E-state index is -0.292. The molecule has 0 aliphatic carbocycles. The van der Waals surface area contributed by atoms with Gasteiger partial charge in [0.2, 0.25) is 0 Å². The van der Waals surface area contributed by atoms with Crippen LogP contribution < -0.4 is 0 Å². The second-order valence-corrected chi connectivity index (χ2v) is 2.30. The first-order valence-electron chi connectivity index (χ1n) is 3.43. The van der Waals surface area contributed by atoms with Crippen molar-refractivity contribution in [1.29, 1.82) is 0 Å². The van der Waals surface area contributed by atoms with Crippen molar-refractivity contribution in [3.8, 4) is 0 Å². The number of aliphatic hydroxyl groups excluding tert-OH is 1. The zero-order chi connectivity index (χ0) is 7.28. The van der Waals surface area contributed by atoms with Crippen LogP contribution >= 0.6 is 0 Å². The summed E-state index contributed by atoms with van der Waals surface area (Å²) in [6.45, 7) is 3.92. The van der Waals surface area contributed by atoms with E-state index in [0.717, 1.165) is 12.8 Å². The lowest BCUT2D eigenvalue weighted by molar-refractivity contribution is -0.00442. The van der Waals surface area contributed by atoms with Crippen molar-refractivity contribution in [3.05, 3.63) is 0 Å². The second kappa shape index (κ2) is 4.77. The smallest absolute Gasteiger partial charge is 0.0802 e. The minimum Gasteiger partial charge on any atom is -0.390 e. The molecule has 9 heavy (non-hydrogen) atoms. The van der Waals surface area contributed by atoms with Crippen LogP contribution in [0.3, 0.4) is 0 Å². The summed E-state index contributed by atoms with van der Waals surface area (Å²) >= 11 is 0. The van der Waals surface area contributed by atoms with E-state index in [4.69, 9.17) is 4.74 Å². The first kappa shape index (κ1) is 8.92. The molecule has 1 unspecified atom stereocenters. The predicted molar refractivity (Wildman–Crippen MR) is 37.4 cm³/mol. The Balaban J connectivity index is 3.32. The Hall–Kier alpha value is -0.0800. The molecule has 0 saturated carbocycles. The summed E-state index contributed by atoms with van der Waals surface area (Å²) in [5.41, 5.74) is 0. The van der Waals surface area contributed by atoms with E-state index in [-0.39, 0.29) is 12.2 Å². The highest BCUT2D eigenvalue weighted by atomic mass is 16.5. The molecule has 0 aromatic rings. The summed E-state index contributed by atoms with van der Waals surface area (Å²) in [5, 5.41) is 9.19. The molecular formula is C7H16O2. The topological polar surface area (TPSA) is 29.5 Å². The highest BCUT2D eigenvalue weighted by molar-refractivity contribution is 4.61. The first-order chi connectivity index (χ1) is 4.22. The maximum atomic E-state index is 9.19. The molecule has 0 rings (SSSR count). The maximum absolute atomic E-state index is 9.19. The third-order valence-corrected chi connectivity index (χ3v) is 1.50. The van der Waals surface area contributed by atoms with Gasteiger partial charge in [-0.15, -0.1) is 0 Å². The zero-order valence-corrected chi connectivity index (χ0v) is 6.42. The van der Waals surface area contributed by atoms with Crippen molar-refractivity contribution in [2.24, 2.45) is 0 Å². The zero-order valence-electron chi connectivity index (χ0n) is 6.42. The minimum absolute atomic E-state index is 0.0232. The first-order valence-corrected chi connectivity index (χ1v) is 3.43. The van der Waals surface area contributed by atoms with Crippen LogP contribution in [0.2, 0.25) is 0 Å². The van der Waals surface area contributed by atoms with Crippen LogP contribution in [-0.2, 0) is 4.74 Å². The van der Waals surface area contributed by atoms with E-state index in [0.29, 0.717) is 0 Å². The molecule has 2 nitrogen and oxygen atoms in total. The van der Waals surface area contributed by atoms with Gasteiger partial charge in [-0.05, 0) is 13.3 Å². The van der Waals surface area contributed by atoms with Crippen LogP contribution in [-0.4, -0.2) is 24.4 Å². The molecule has 0 bridgehead atoms. The Morgan fingerprint density at radius 1 is 1.56 bits per heavy atom. The van der Waals surface area contributed by atoms with E-state index in [1.165, 1.54) is 0 Å². The third kappa shape index (κ3) is 3.49. The van der Waals surface area contributed by atoms with Crippen LogP contribution in [0, 0.1) is 0 Å². The van der Waals surface area contributed by atoms with Crippen molar-refractivity contribution in [3.63, 3.8) is 0 Å². The average molecular weight is 132 g/mol. The van der Waals surface area contributed by atoms with Crippen LogP contribution in [0.4, 0.5) is 0 Å². The van der Waals surface area contributed by atoms with E-state index in [9.17, 15) is 5.11 Å². The number of aliphatic hydroxyl groups is 1. The normalized spacial score (nSPS) is 17.3. The van der Waals surface area contributed by atoms with Crippen molar-refractivity contribution in [2.75, 3.05) is 7.11 Å². The molecule has 2 heteroatoms. The average Bonchev–Trinajstić information content (AvgIpc) is 1.87. The molecule has 0 radical (unpaired) electrons. The van der Waals surface area contributed by atoms with Gasteiger partial charge in [-0.2, -0.15) is 0 Å². The van der Waals surface area contributed by atoms with E-state index < -0.39 is 0 Å². The van der Waals surface area contributed by atoms with Crippen molar-refractivity contribution >= 4 is 0 Å². The van der Waals surface area contributed by atoms with Crippen LogP contribution in [0.15, 0.2) is 0 Å². The van der Waals surface area contributed by atoms with Crippen molar-refractivity contribution in [2.45, 2.75) is 38.9 Å². The SMILES string of the molecule is CCC[C@@H](O)C(C)OC. The summed E-state index contributed by atoms with van der Waals surface area (Å²) in [4.78, 5) is 0. The van der Waals surface area contributed by atoms with E-state index in [1.807, 2.05) is 13.8 Å². The molecule has 0 spiro atoms. The van der Waals surface area contributed by atoms with Crippen LogP contribution in [0.5, 0.6) is 0 Å². The molecule has 0 aromatic heterocycles. The molecule has 0 aromatic carbocycles. The molecule has 2 atom stereocenters. The summed E-state index contributed by atoms with van der Waals surface area (Å²) in [7, 11) is 1.61. The van der Waals surface area contributed by atoms with Gasteiger partial charge in [0.15, 0.2) is 0 Å². The van der Waals surface area contributed by atoms with E-state index >= 15 is 0 Å². The summed E-state index contributed by atoms with van der Waals surface area (Å²) < 4.78 is 4.91. The fourth-order valence-corrected chi connectivity index (χ4v) is 0.688. The lowest BCUT2D eigenvalue weighted by atomic mass is 10.1. The molecule has 0 amide bonds. The van der Waals surface area contributed by atoms with Crippen LogP contribution in [0.25, 0.3) is 0 Å². The monoisotopic (exact) mass is 132 g/mol. The summed E-state index contributed by atoms with van der Waals surface area (Å²) in [5.74, 6) is 0. The maximum Gasteiger partial charge on any atom is 0.0802 e. The van der Waals surface area contributed by atoms with E-state index in [1.54, 1.807) is 7.11 Å². The van der Waals surface area contributed by atoms with Gasteiger partial charge in [-0.3, -0.25) is 0 Å². The number of methoxy groups -OCH3 is 1. The molecular weight excluding hydrogens is 116 g/mol. The number of hydrogen-bond acceptors (Lipinski definition) is 2. The fourth-order valence-electron chi connectivity index (χ4n) is 0.688. The third-order valence-electron chi connectivity index (χ3n) is 1.50. The van der Waals surface area contributed by atoms with Crippen LogP contribution in [0.1, 0.15) is 26.7 Å². The Labute approximate surface area is 56.8 Å². The molecule has 1 N–H and O–H groups in total. The van der Waals surface area contributed by atoms with Crippen molar-refractivity contribution in [1.82, 2.24) is 0 Å². The Morgan fingerprint density at radius 2 is 2.11 bits per heavy atom. The predicted octanol–water partition coefficient (Wildman–Crippen LogP) is 1.18. The number of rotatable bonds is 4. The lowest BCUT2D eigenvalue weighted by Gasteiger charge is -2.15. The van der Waals surface area contributed by atoms with Gasteiger partial charge < -0.3 is 9.84 Å². The molecule has 0 saturated heterocycles. The Bertz CT molecular complexity index is 63.9. The molecule has 0 heterocycles. The quantitative estimate of drug-likeness (QED) is 0.622. The van der Waals surface area contributed by atoms with Gasteiger partial charge >= 0.3 is 0 Å². The summed E-state index contributed by atoms with van der Waals surface area (Å²) in [6, 6.07) is 0. The molecule has 0 aliphatic rings. The van der Waals surface area contributed by atoms with Gasteiger partial charge in [0, 0.05) is 7.11 Å². The second-order valence-electron chi connectivity index (χ2n) is 2.30. The summed E-state index contributed by atoms with van der Waals surface area (Å²) in [6.07, 6.45) is 1.52. The van der Waals surface area contributed by atoms with Gasteiger partial charge in [0.25, 0.3) is 0 Å². The van der Waals surface area contributed by atoms with Gasteiger partial charge in [0.1, 0.15) is 0 Å². The Morgan fingerprint density at radius 3 is 2.44 bits per heavy atom. The highest BCUT2D eigenvalue weighted by Crippen LogP contribution is 2.03. The molecule has 0 fully saturated rings. The fraction of sp³-hybridized carbons (Fsp3) is 1.00. The van der Waals surface area contributed by atoms with Gasteiger partial charge in [0.05, 0.1) is 12.2 Å².